The highest BCUT2D eigenvalue weighted by atomic mass is 19.1. The summed E-state index contributed by atoms with van der Waals surface area (Å²) in [5.74, 6) is -0.259. The molecule has 0 saturated carbocycles. The van der Waals surface area contributed by atoms with E-state index in [-0.39, 0.29) is 5.82 Å². The van der Waals surface area contributed by atoms with Gasteiger partial charge in [-0.1, -0.05) is 0 Å². The van der Waals surface area contributed by atoms with Crippen LogP contribution in [-0.2, 0) is 0 Å². The predicted molar refractivity (Wildman–Crippen MR) is 66.5 cm³/mol. The standard InChI is InChI=1S/C13H12FN3/c1-10(11-6-8-15-9-7-11)16-17-13-4-2-12(14)3-5-13/h2-9,17H,1H3. The van der Waals surface area contributed by atoms with E-state index < -0.39 is 0 Å². The van der Waals surface area contributed by atoms with Crippen molar-refractivity contribution in [3.63, 3.8) is 0 Å². The Hall–Kier alpha value is -2.23. The normalized spacial score (nSPS) is 11.3. The molecular formula is C13H12FN3. The number of pyridine rings is 1. The molecular weight excluding hydrogens is 217 g/mol. The van der Waals surface area contributed by atoms with Crippen molar-refractivity contribution in [2.24, 2.45) is 5.10 Å². The number of nitrogens with one attached hydrogen (secondary N) is 1. The number of hydrazone groups is 1. The fraction of sp³-hybridized carbons (Fsp3) is 0.0769. The largest absolute Gasteiger partial charge is 0.278 e. The van der Waals surface area contributed by atoms with Crippen molar-refractivity contribution in [3.05, 3.63) is 60.2 Å². The fourth-order valence-electron chi connectivity index (χ4n) is 1.33. The molecule has 3 nitrogen and oxygen atoms in total. The lowest BCUT2D eigenvalue weighted by atomic mass is 10.2. The van der Waals surface area contributed by atoms with Gasteiger partial charge in [0.2, 0.25) is 0 Å². The smallest absolute Gasteiger partial charge is 0.123 e. The Bertz CT molecular complexity index is 506. The highest BCUT2D eigenvalue weighted by Crippen LogP contribution is 2.08. The molecule has 4 heteroatoms. The van der Waals surface area contributed by atoms with Crippen molar-refractivity contribution in [2.45, 2.75) is 6.92 Å². The number of benzene rings is 1. The highest BCUT2D eigenvalue weighted by Gasteiger charge is 1.96. The van der Waals surface area contributed by atoms with Crippen LogP contribution in [0.25, 0.3) is 0 Å². The summed E-state index contributed by atoms with van der Waals surface area (Å²) in [5.41, 5.74) is 5.46. The van der Waals surface area contributed by atoms with Gasteiger partial charge < -0.3 is 0 Å². The second kappa shape index (κ2) is 5.21. The first kappa shape index (κ1) is 11.3. The van der Waals surface area contributed by atoms with E-state index in [0.717, 1.165) is 17.0 Å². The molecule has 1 aromatic heterocycles. The third-order valence-electron chi connectivity index (χ3n) is 2.30. The van der Waals surface area contributed by atoms with Gasteiger partial charge in [0.25, 0.3) is 0 Å². The molecule has 0 saturated heterocycles. The number of anilines is 1. The van der Waals surface area contributed by atoms with Crippen LogP contribution in [0.4, 0.5) is 10.1 Å². The van der Waals surface area contributed by atoms with Gasteiger partial charge in [-0.15, -0.1) is 0 Å². The molecule has 86 valence electrons. The molecule has 2 rings (SSSR count). The zero-order valence-corrected chi connectivity index (χ0v) is 9.39. The van der Waals surface area contributed by atoms with E-state index in [2.05, 4.69) is 15.5 Å². The van der Waals surface area contributed by atoms with Crippen LogP contribution in [0.3, 0.4) is 0 Å². The Balaban J connectivity index is 2.08. The van der Waals surface area contributed by atoms with Crippen LogP contribution in [0.15, 0.2) is 53.9 Å². The topological polar surface area (TPSA) is 37.3 Å². The van der Waals surface area contributed by atoms with Crippen LogP contribution in [-0.4, -0.2) is 10.7 Å². The first-order valence-corrected chi connectivity index (χ1v) is 5.22. The maximum Gasteiger partial charge on any atom is 0.123 e. The first-order chi connectivity index (χ1) is 8.25. The van der Waals surface area contributed by atoms with Crippen molar-refractivity contribution in [1.82, 2.24) is 4.98 Å². The average Bonchev–Trinajstić information content (AvgIpc) is 2.39. The zero-order valence-electron chi connectivity index (χ0n) is 9.39. The van der Waals surface area contributed by atoms with E-state index in [1.807, 2.05) is 19.1 Å². The second-order valence-electron chi connectivity index (χ2n) is 3.55. The van der Waals surface area contributed by atoms with Crippen LogP contribution in [0.1, 0.15) is 12.5 Å². The molecule has 0 radical (unpaired) electrons. The summed E-state index contributed by atoms with van der Waals surface area (Å²) in [6, 6.07) is 9.81. The minimum atomic E-state index is -0.259. The Morgan fingerprint density at radius 2 is 1.76 bits per heavy atom. The van der Waals surface area contributed by atoms with Gasteiger partial charge >= 0.3 is 0 Å². The van der Waals surface area contributed by atoms with Crippen LogP contribution < -0.4 is 5.43 Å². The summed E-state index contributed by atoms with van der Waals surface area (Å²) in [6.45, 7) is 1.89. The number of halogens is 1. The maximum atomic E-state index is 12.7. The molecule has 0 fully saturated rings. The van der Waals surface area contributed by atoms with Gasteiger partial charge in [-0.05, 0) is 43.3 Å². The quantitative estimate of drug-likeness (QED) is 0.648. The molecule has 0 unspecified atom stereocenters. The van der Waals surface area contributed by atoms with Crippen molar-refractivity contribution in [2.75, 3.05) is 5.43 Å². The monoisotopic (exact) mass is 229 g/mol. The minimum absolute atomic E-state index is 0.259. The van der Waals surface area contributed by atoms with Gasteiger partial charge in [-0.3, -0.25) is 10.4 Å². The van der Waals surface area contributed by atoms with Crippen molar-refractivity contribution >= 4 is 11.4 Å². The van der Waals surface area contributed by atoms with Crippen molar-refractivity contribution in [1.29, 1.82) is 0 Å². The lowest BCUT2D eigenvalue weighted by Gasteiger charge is -2.03. The van der Waals surface area contributed by atoms with Crippen LogP contribution in [0.2, 0.25) is 0 Å². The second-order valence-corrected chi connectivity index (χ2v) is 3.55. The van der Waals surface area contributed by atoms with Crippen molar-refractivity contribution < 1.29 is 4.39 Å². The lowest BCUT2D eigenvalue weighted by Crippen LogP contribution is -1.99. The highest BCUT2D eigenvalue weighted by molar-refractivity contribution is 5.98. The molecule has 0 bridgehead atoms. The van der Waals surface area contributed by atoms with E-state index in [1.165, 1.54) is 12.1 Å². The Kier molecular flexibility index (Phi) is 3.45. The Morgan fingerprint density at radius 3 is 2.41 bits per heavy atom. The van der Waals surface area contributed by atoms with Gasteiger partial charge in [0.15, 0.2) is 0 Å². The molecule has 1 aromatic carbocycles. The minimum Gasteiger partial charge on any atom is -0.278 e. The molecule has 17 heavy (non-hydrogen) atoms. The third kappa shape index (κ3) is 3.11. The molecule has 1 N–H and O–H groups in total. The summed E-state index contributed by atoms with van der Waals surface area (Å²) >= 11 is 0. The molecule has 0 aliphatic carbocycles. The van der Waals surface area contributed by atoms with Gasteiger partial charge in [0.05, 0.1) is 11.4 Å². The van der Waals surface area contributed by atoms with Crippen LogP contribution >= 0.6 is 0 Å². The molecule has 2 aromatic rings. The number of rotatable bonds is 3. The van der Waals surface area contributed by atoms with E-state index >= 15 is 0 Å². The van der Waals surface area contributed by atoms with Gasteiger partial charge in [0, 0.05) is 18.0 Å². The number of hydrogen-bond donors (Lipinski definition) is 1. The zero-order chi connectivity index (χ0) is 12.1. The lowest BCUT2D eigenvalue weighted by molar-refractivity contribution is 0.628. The molecule has 0 atom stereocenters. The maximum absolute atomic E-state index is 12.7. The summed E-state index contributed by atoms with van der Waals surface area (Å²) in [6.07, 6.45) is 3.43. The SMILES string of the molecule is CC(=NNc1ccc(F)cc1)c1ccncc1. The van der Waals surface area contributed by atoms with Gasteiger partial charge in [-0.25, -0.2) is 4.39 Å². The Labute approximate surface area is 99.0 Å². The summed E-state index contributed by atoms with van der Waals surface area (Å²) < 4.78 is 12.7. The number of aromatic nitrogens is 1. The Morgan fingerprint density at radius 1 is 1.12 bits per heavy atom. The van der Waals surface area contributed by atoms with Crippen molar-refractivity contribution in [3.8, 4) is 0 Å². The van der Waals surface area contributed by atoms with E-state index in [0.29, 0.717) is 0 Å². The molecule has 0 aliphatic rings. The van der Waals surface area contributed by atoms with E-state index in [4.69, 9.17) is 0 Å². The first-order valence-electron chi connectivity index (χ1n) is 5.22. The number of nitrogens with zero attached hydrogens (tertiary/aromatic N) is 2. The summed E-state index contributed by atoms with van der Waals surface area (Å²) in [7, 11) is 0. The number of hydrogen-bond acceptors (Lipinski definition) is 3. The van der Waals surface area contributed by atoms with E-state index in [9.17, 15) is 4.39 Å². The summed E-state index contributed by atoms with van der Waals surface area (Å²) in [5, 5.41) is 4.21. The summed E-state index contributed by atoms with van der Waals surface area (Å²) in [4.78, 5) is 3.94. The van der Waals surface area contributed by atoms with Gasteiger partial charge in [-0.2, -0.15) is 5.10 Å². The molecule has 0 spiro atoms. The predicted octanol–water partition coefficient (Wildman–Crippen LogP) is 3.06. The van der Waals surface area contributed by atoms with E-state index in [1.54, 1.807) is 24.5 Å². The van der Waals surface area contributed by atoms with Gasteiger partial charge in [0.1, 0.15) is 5.82 Å². The van der Waals surface area contributed by atoms with Crippen LogP contribution in [0, 0.1) is 5.82 Å². The fourth-order valence-corrected chi connectivity index (χ4v) is 1.33. The van der Waals surface area contributed by atoms with Crippen LogP contribution in [0.5, 0.6) is 0 Å². The average molecular weight is 229 g/mol. The third-order valence-corrected chi connectivity index (χ3v) is 2.30. The molecule has 0 aliphatic heterocycles. The molecule has 1 heterocycles. The molecule has 0 amide bonds.